The molecule has 0 aromatic rings. The predicted molar refractivity (Wildman–Crippen MR) is 218 cm³/mol. The average Bonchev–Trinajstić information content (AvgIpc) is 3.15. The van der Waals surface area contributed by atoms with E-state index in [1.54, 1.807) is 6.08 Å². The number of ether oxygens (including phenoxy) is 2. The molecule has 0 rings (SSSR count). The maximum Gasteiger partial charge on any atom is 0.472 e. The van der Waals surface area contributed by atoms with E-state index >= 15 is 0 Å². The van der Waals surface area contributed by atoms with E-state index in [1.165, 1.54) is 12.8 Å². The monoisotopic (exact) mass is 793 g/mol. The Morgan fingerprint density at radius 2 is 1.27 bits per heavy atom. The summed E-state index contributed by atoms with van der Waals surface area (Å²) in [5.41, 5.74) is 5.31. The summed E-state index contributed by atoms with van der Waals surface area (Å²) in [5.74, 6) is -2.55. The van der Waals surface area contributed by atoms with Crippen molar-refractivity contribution in [1.82, 2.24) is 0 Å². The molecular formula is C42H68NO11P. The molecule has 0 radical (unpaired) electrons. The Morgan fingerprint density at radius 3 is 1.98 bits per heavy atom. The number of esters is 2. The fraction of sp³-hybridized carbons (Fsp3) is 0.595. The van der Waals surface area contributed by atoms with Crippen molar-refractivity contribution in [1.29, 1.82) is 0 Å². The Morgan fingerprint density at radius 1 is 0.673 bits per heavy atom. The summed E-state index contributed by atoms with van der Waals surface area (Å²) in [6.45, 7) is 2.45. The van der Waals surface area contributed by atoms with Gasteiger partial charge in [0, 0.05) is 12.8 Å². The van der Waals surface area contributed by atoms with Crippen molar-refractivity contribution in [3.63, 3.8) is 0 Å². The molecule has 55 heavy (non-hydrogen) atoms. The Balaban J connectivity index is 4.60. The summed E-state index contributed by atoms with van der Waals surface area (Å²) in [5, 5.41) is 18.8. The third-order valence-electron chi connectivity index (χ3n) is 7.72. The second-order valence-electron chi connectivity index (χ2n) is 12.9. The van der Waals surface area contributed by atoms with Crippen LogP contribution in [0.5, 0.6) is 0 Å². The van der Waals surface area contributed by atoms with Gasteiger partial charge in [0.1, 0.15) is 12.6 Å². The molecule has 0 aromatic heterocycles. The molecule has 12 nitrogen and oxygen atoms in total. The molecule has 0 spiro atoms. The molecule has 13 heteroatoms. The lowest BCUT2D eigenvalue weighted by molar-refractivity contribution is -0.161. The first-order valence-corrected chi connectivity index (χ1v) is 21.2. The zero-order valence-corrected chi connectivity index (χ0v) is 34.0. The fourth-order valence-corrected chi connectivity index (χ4v) is 5.34. The quantitative estimate of drug-likeness (QED) is 0.0157. The van der Waals surface area contributed by atoms with Crippen LogP contribution in [0.3, 0.4) is 0 Å². The number of rotatable bonds is 35. The van der Waals surface area contributed by atoms with E-state index in [0.717, 1.165) is 57.8 Å². The number of nitrogens with two attached hydrogens (primary N) is 1. The van der Waals surface area contributed by atoms with E-state index in [-0.39, 0.29) is 12.8 Å². The van der Waals surface area contributed by atoms with Crippen LogP contribution in [0.1, 0.15) is 123 Å². The molecule has 2 unspecified atom stereocenters. The summed E-state index contributed by atoms with van der Waals surface area (Å²) in [6.07, 6.45) is 39.9. The number of carboxylic acid groups (broad SMARTS) is 1. The van der Waals surface area contributed by atoms with Gasteiger partial charge >= 0.3 is 25.7 Å². The molecule has 0 aliphatic rings. The Bertz CT molecular complexity index is 1270. The van der Waals surface area contributed by atoms with Gasteiger partial charge in [-0.05, 0) is 64.2 Å². The summed E-state index contributed by atoms with van der Waals surface area (Å²) in [7, 11) is -4.74. The third-order valence-corrected chi connectivity index (χ3v) is 8.67. The third kappa shape index (κ3) is 36.0. The maximum absolute atomic E-state index is 12.5. The zero-order chi connectivity index (χ0) is 40.8. The minimum absolute atomic E-state index is 0.0670. The molecule has 0 bridgehead atoms. The van der Waals surface area contributed by atoms with E-state index in [0.29, 0.717) is 25.7 Å². The lowest BCUT2D eigenvalue weighted by Gasteiger charge is -2.20. The predicted octanol–water partition coefficient (Wildman–Crippen LogP) is 8.91. The van der Waals surface area contributed by atoms with Gasteiger partial charge in [-0.2, -0.15) is 0 Å². The molecule has 0 aromatic carbocycles. The molecule has 0 amide bonds. The van der Waals surface area contributed by atoms with Crippen LogP contribution >= 0.6 is 7.82 Å². The van der Waals surface area contributed by atoms with Crippen LogP contribution in [0.4, 0.5) is 0 Å². The number of allylic oxidation sites excluding steroid dienone is 12. The SMILES string of the molecule is CC/C=C\C/C=C\CC(O)/C=C/C=C\C/C=C\C/C=C\CCC(=O)OC[C@H](COP(=O)(O)OC[C@H](N)C(=O)O)OC(=O)CCCCCCC/C=C\CCCC. The first kappa shape index (κ1) is 51.6. The topological polar surface area (TPSA) is 192 Å². The number of hydrogen-bond donors (Lipinski definition) is 4. The van der Waals surface area contributed by atoms with E-state index in [9.17, 15) is 28.9 Å². The molecular weight excluding hydrogens is 725 g/mol. The highest BCUT2D eigenvalue weighted by Crippen LogP contribution is 2.43. The zero-order valence-electron chi connectivity index (χ0n) is 33.1. The van der Waals surface area contributed by atoms with Crippen LogP contribution in [0.2, 0.25) is 0 Å². The summed E-state index contributed by atoms with van der Waals surface area (Å²) < 4.78 is 32.4. The van der Waals surface area contributed by atoms with Crippen molar-refractivity contribution in [2.75, 3.05) is 19.8 Å². The van der Waals surface area contributed by atoms with Gasteiger partial charge in [0.25, 0.3) is 0 Å². The largest absolute Gasteiger partial charge is 0.480 e. The van der Waals surface area contributed by atoms with Gasteiger partial charge in [-0.1, -0.05) is 131 Å². The number of hydrogen-bond acceptors (Lipinski definition) is 10. The van der Waals surface area contributed by atoms with Crippen LogP contribution in [0.25, 0.3) is 0 Å². The summed E-state index contributed by atoms with van der Waals surface area (Å²) in [6, 6.07) is -1.54. The number of aliphatic carboxylic acids is 1. The van der Waals surface area contributed by atoms with E-state index < -0.39 is 63.8 Å². The molecule has 0 saturated heterocycles. The van der Waals surface area contributed by atoms with Crippen LogP contribution in [0.15, 0.2) is 85.1 Å². The van der Waals surface area contributed by atoms with Crippen LogP contribution < -0.4 is 5.73 Å². The Kier molecular flexibility index (Phi) is 34.0. The van der Waals surface area contributed by atoms with Gasteiger partial charge in [-0.25, -0.2) is 4.57 Å². The second kappa shape index (κ2) is 36.3. The highest BCUT2D eigenvalue weighted by molar-refractivity contribution is 7.47. The highest BCUT2D eigenvalue weighted by Gasteiger charge is 2.28. The van der Waals surface area contributed by atoms with Crippen LogP contribution in [-0.2, 0) is 37.5 Å². The highest BCUT2D eigenvalue weighted by atomic mass is 31.2. The molecule has 0 heterocycles. The lowest BCUT2D eigenvalue weighted by Crippen LogP contribution is -2.34. The number of carbonyl (C=O) groups excluding carboxylic acids is 2. The number of unbranched alkanes of at least 4 members (excludes halogenated alkanes) is 7. The van der Waals surface area contributed by atoms with Crippen molar-refractivity contribution in [2.24, 2.45) is 5.73 Å². The van der Waals surface area contributed by atoms with Gasteiger partial charge in [0.2, 0.25) is 0 Å². The maximum atomic E-state index is 12.5. The van der Waals surface area contributed by atoms with E-state index in [1.807, 2.05) is 54.7 Å². The average molecular weight is 794 g/mol. The molecule has 4 atom stereocenters. The van der Waals surface area contributed by atoms with Gasteiger partial charge in [0.05, 0.1) is 19.3 Å². The van der Waals surface area contributed by atoms with E-state index in [2.05, 4.69) is 42.7 Å². The second-order valence-corrected chi connectivity index (χ2v) is 14.3. The molecule has 5 N–H and O–H groups in total. The Labute approximate surface area is 329 Å². The fourth-order valence-electron chi connectivity index (χ4n) is 4.57. The van der Waals surface area contributed by atoms with Gasteiger partial charge in [-0.15, -0.1) is 0 Å². The molecule has 0 fully saturated rings. The van der Waals surface area contributed by atoms with Crippen molar-refractivity contribution in [3.05, 3.63) is 85.1 Å². The number of aliphatic hydroxyl groups is 1. The van der Waals surface area contributed by atoms with Crippen molar-refractivity contribution in [2.45, 2.75) is 141 Å². The van der Waals surface area contributed by atoms with Gasteiger partial charge in [0.15, 0.2) is 6.10 Å². The van der Waals surface area contributed by atoms with Gasteiger partial charge < -0.3 is 30.3 Å². The van der Waals surface area contributed by atoms with Crippen molar-refractivity contribution < 1.29 is 52.6 Å². The Hall–Kier alpha value is -3.38. The number of carbonyl (C=O) groups is 3. The number of phosphoric acid groups is 1. The van der Waals surface area contributed by atoms with Gasteiger partial charge in [-0.3, -0.25) is 23.4 Å². The van der Waals surface area contributed by atoms with Crippen LogP contribution in [-0.4, -0.2) is 71.1 Å². The van der Waals surface area contributed by atoms with Crippen molar-refractivity contribution in [3.8, 4) is 0 Å². The smallest absolute Gasteiger partial charge is 0.472 e. The number of carboxylic acids is 1. The lowest BCUT2D eigenvalue weighted by atomic mass is 10.1. The molecule has 0 saturated carbocycles. The van der Waals surface area contributed by atoms with Crippen LogP contribution in [0, 0.1) is 0 Å². The molecule has 0 aliphatic carbocycles. The number of phosphoric ester groups is 1. The van der Waals surface area contributed by atoms with E-state index in [4.69, 9.17) is 24.8 Å². The minimum Gasteiger partial charge on any atom is -0.480 e. The number of aliphatic hydroxyl groups excluding tert-OH is 1. The minimum atomic E-state index is -4.74. The normalized spacial score (nSPS) is 15.3. The summed E-state index contributed by atoms with van der Waals surface area (Å²) in [4.78, 5) is 45.7. The molecule has 312 valence electrons. The standard InChI is InChI=1S/C42H68NO11P/c1-3-5-7-9-11-12-13-18-21-25-29-33-41(46)54-38(35-52-55(49,50)53-36-39(43)42(47)48)34-51-40(45)32-28-24-20-17-15-14-16-19-23-27-31-37(44)30-26-22-10-8-6-4-2/h6,8-9,11,14-15,19-20,22-24,26-27,31,37-39,44H,3-5,7,10,12-13,16-18,21,25,28-30,32-36,43H2,1-2H3,(H,47,48)(H,49,50)/b8-6-,11-9-,15-14-,23-19-,24-20-,26-22-,31-27+/t37?,38-,39+/m1/s1. The summed E-state index contributed by atoms with van der Waals surface area (Å²) >= 11 is 0. The first-order chi connectivity index (χ1) is 26.5. The molecule has 0 aliphatic heterocycles. The first-order valence-electron chi connectivity index (χ1n) is 19.7. The van der Waals surface area contributed by atoms with Crippen molar-refractivity contribution >= 4 is 25.7 Å².